The van der Waals surface area contributed by atoms with Gasteiger partial charge in [0.05, 0.1) is 0 Å². The van der Waals surface area contributed by atoms with Crippen LogP contribution in [0.1, 0.15) is 51.9 Å². The molecule has 1 aliphatic heterocycles. The molecule has 2 aliphatic rings. The van der Waals surface area contributed by atoms with Gasteiger partial charge in [-0.3, -0.25) is 0 Å². The van der Waals surface area contributed by atoms with E-state index in [2.05, 4.69) is 0 Å². The molecule has 21 heavy (non-hydrogen) atoms. The molecule has 0 aromatic rings. The van der Waals surface area contributed by atoms with Crippen LogP contribution < -0.4 is 0 Å². The van der Waals surface area contributed by atoms with E-state index >= 15 is 0 Å². The molecule has 0 bridgehead atoms. The molecule has 0 spiro atoms. The molecule has 1 saturated heterocycles. The topological polar surface area (TPSA) is 81.1 Å². The average molecular weight is 298 g/mol. The van der Waals surface area contributed by atoms with Crippen molar-refractivity contribution in [2.45, 2.75) is 63.5 Å². The largest absolute Gasteiger partial charge is 0.479 e. The number of aliphatic carboxylic acids is 1. The van der Waals surface area contributed by atoms with Crippen LogP contribution in [0.3, 0.4) is 0 Å². The first-order valence-corrected chi connectivity index (χ1v) is 7.99. The van der Waals surface area contributed by atoms with Crippen LogP contribution in [0.2, 0.25) is 0 Å². The molecule has 0 aromatic heterocycles. The molecule has 0 radical (unpaired) electrons. The SMILES string of the molecule is CCC1(C(=O)O)CCCN1C(=O)N(CCCO)C1CCC1. The number of rotatable bonds is 6. The van der Waals surface area contributed by atoms with Crippen molar-refractivity contribution in [1.82, 2.24) is 9.80 Å². The Labute approximate surface area is 125 Å². The maximum atomic E-state index is 12.9. The summed E-state index contributed by atoms with van der Waals surface area (Å²) < 4.78 is 0. The smallest absolute Gasteiger partial charge is 0.329 e. The standard InChI is InChI=1S/C15H26N2O4/c1-2-15(13(19)20)8-4-10-17(15)14(21)16(9-5-11-18)12-6-3-7-12/h12,18H,2-11H2,1H3,(H,19,20). The number of carboxylic acids is 1. The molecule has 0 aromatic carbocycles. The third-order valence-electron chi connectivity index (χ3n) is 5.02. The fourth-order valence-corrected chi connectivity index (χ4v) is 3.43. The van der Waals surface area contributed by atoms with Gasteiger partial charge in [-0.15, -0.1) is 0 Å². The zero-order valence-electron chi connectivity index (χ0n) is 12.8. The molecule has 2 N–H and O–H groups in total. The van der Waals surface area contributed by atoms with E-state index in [1.807, 2.05) is 6.92 Å². The normalized spacial score (nSPS) is 25.7. The van der Waals surface area contributed by atoms with Crippen LogP contribution in [-0.4, -0.2) is 63.3 Å². The third-order valence-corrected chi connectivity index (χ3v) is 5.02. The Hall–Kier alpha value is -1.30. The van der Waals surface area contributed by atoms with Crippen molar-refractivity contribution in [3.8, 4) is 0 Å². The van der Waals surface area contributed by atoms with E-state index in [0.717, 1.165) is 25.7 Å². The van der Waals surface area contributed by atoms with Crippen molar-refractivity contribution in [3.63, 3.8) is 0 Å². The number of carboxylic acid groups (broad SMARTS) is 1. The van der Waals surface area contributed by atoms with Crippen molar-refractivity contribution in [3.05, 3.63) is 0 Å². The van der Waals surface area contributed by atoms with Gasteiger partial charge in [-0.25, -0.2) is 9.59 Å². The van der Waals surface area contributed by atoms with Crippen molar-refractivity contribution < 1.29 is 19.8 Å². The molecule has 2 amide bonds. The van der Waals surface area contributed by atoms with E-state index in [-0.39, 0.29) is 18.7 Å². The first-order valence-electron chi connectivity index (χ1n) is 7.99. The molecule has 2 rings (SSSR count). The van der Waals surface area contributed by atoms with Gasteiger partial charge in [0.15, 0.2) is 0 Å². The number of hydrogen-bond acceptors (Lipinski definition) is 3. The van der Waals surface area contributed by atoms with Gasteiger partial charge in [0.2, 0.25) is 0 Å². The van der Waals surface area contributed by atoms with Gasteiger partial charge in [0, 0.05) is 25.7 Å². The highest BCUT2D eigenvalue weighted by Gasteiger charge is 2.50. The summed E-state index contributed by atoms with van der Waals surface area (Å²) >= 11 is 0. The number of urea groups is 1. The van der Waals surface area contributed by atoms with Gasteiger partial charge in [0.1, 0.15) is 5.54 Å². The van der Waals surface area contributed by atoms with Crippen LogP contribution in [0.25, 0.3) is 0 Å². The summed E-state index contributed by atoms with van der Waals surface area (Å²) in [6.07, 6.45) is 5.34. The van der Waals surface area contributed by atoms with E-state index in [9.17, 15) is 14.7 Å². The Bertz CT molecular complexity index is 397. The highest BCUT2D eigenvalue weighted by Crippen LogP contribution is 2.35. The van der Waals surface area contributed by atoms with Crippen molar-refractivity contribution >= 4 is 12.0 Å². The highest BCUT2D eigenvalue weighted by atomic mass is 16.4. The predicted molar refractivity (Wildman–Crippen MR) is 78.0 cm³/mol. The minimum Gasteiger partial charge on any atom is -0.479 e. The van der Waals surface area contributed by atoms with Gasteiger partial charge in [-0.2, -0.15) is 0 Å². The second-order valence-corrected chi connectivity index (χ2v) is 6.08. The van der Waals surface area contributed by atoms with E-state index in [0.29, 0.717) is 32.4 Å². The van der Waals surface area contributed by atoms with E-state index in [1.165, 1.54) is 0 Å². The predicted octanol–water partition coefficient (Wildman–Crippen LogP) is 1.67. The van der Waals surface area contributed by atoms with Crippen LogP contribution in [0, 0.1) is 0 Å². The van der Waals surface area contributed by atoms with Crippen LogP contribution in [0.15, 0.2) is 0 Å². The number of amides is 2. The monoisotopic (exact) mass is 298 g/mol. The van der Waals surface area contributed by atoms with E-state index in [4.69, 9.17) is 5.11 Å². The fraction of sp³-hybridized carbons (Fsp3) is 0.867. The van der Waals surface area contributed by atoms with Gasteiger partial charge in [-0.1, -0.05) is 6.92 Å². The lowest BCUT2D eigenvalue weighted by atomic mass is 9.90. The molecular weight excluding hydrogens is 272 g/mol. The molecule has 1 unspecified atom stereocenters. The summed E-state index contributed by atoms with van der Waals surface area (Å²) in [6, 6.07) is 0.0582. The first-order chi connectivity index (χ1) is 10.1. The number of aliphatic hydroxyl groups is 1. The Morgan fingerprint density at radius 2 is 2.05 bits per heavy atom. The fourth-order valence-electron chi connectivity index (χ4n) is 3.43. The second kappa shape index (κ2) is 6.64. The molecule has 1 atom stereocenters. The molecule has 120 valence electrons. The van der Waals surface area contributed by atoms with E-state index < -0.39 is 11.5 Å². The quantitative estimate of drug-likeness (QED) is 0.781. The summed E-state index contributed by atoms with van der Waals surface area (Å²) in [5.74, 6) is -0.897. The lowest BCUT2D eigenvalue weighted by molar-refractivity contribution is -0.148. The minimum atomic E-state index is -1.04. The molecule has 6 heteroatoms. The average Bonchev–Trinajstić information content (AvgIpc) is 2.85. The van der Waals surface area contributed by atoms with Crippen LogP contribution in [0.4, 0.5) is 4.79 Å². The zero-order chi connectivity index (χ0) is 15.5. The van der Waals surface area contributed by atoms with Crippen LogP contribution >= 0.6 is 0 Å². The Kier molecular flexibility index (Phi) is 5.08. The number of hydrogen-bond donors (Lipinski definition) is 2. The van der Waals surface area contributed by atoms with Gasteiger partial charge >= 0.3 is 12.0 Å². The van der Waals surface area contributed by atoms with Gasteiger partial charge < -0.3 is 20.0 Å². The molecule has 1 saturated carbocycles. The number of nitrogens with zero attached hydrogens (tertiary/aromatic N) is 2. The highest BCUT2D eigenvalue weighted by molar-refractivity contribution is 5.87. The molecule has 1 heterocycles. The molecule has 1 aliphatic carbocycles. The Morgan fingerprint density at radius 3 is 2.52 bits per heavy atom. The maximum absolute atomic E-state index is 12.9. The Morgan fingerprint density at radius 1 is 1.33 bits per heavy atom. The minimum absolute atomic E-state index is 0.0500. The molecular formula is C15H26N2O4. The molecule has 2 fully saturated rings. The lowest BCUT2D eigenvalue weighted by Crippen LogP contribution is -2.59. The summed E-state index contributed by atoms with van der Waals surface area (Å²) in [7, 11) is 0. The number of carbonyl (C=O) groups excluding carboxylic acids is 1. The van der Waals surface area contributed by atoms with Gasteiger partial charge in [-0.05, 0) is 44.9 Å². The Balaban J connectivity index is 2.16. The number of likely N-dealkylation sites (tertiary alicyclic amines) is 1. The van der Waals surface area contributed by atoms with Crippen molar-refractivity contribution in [1.29, 1.82) is 0 Å². The summed E-state index contributed by atoms with van der Waals surface area (Å²) in [4.78, 5) is 27.9. The third kappa shape index (κ3) is 2.86. The van der Waals surface area contributed by atoms with Crippen LogP contribution in [-0.2, 0) is 4.79 Å². The van der Waals surface area contributed by atoms with Crippen molar-refractivity contribution in [2.24, 2.45) is 0 Å². The first kappa shape index (κ1) is 16.1. The lowest BCUT2D eigenvalue weighted by Gasteiger charge is -2.43. The zero-order valence-corrected chi connectivity index (χ0v) is 12.8. The van der Waals surface area contributed by atoms with E-state index in [1.54, 1.807) is 9.80 Å². The maximum Gasteiger partial charge on any atom is 0.329 e. The summed E-state index contributed by atoms with van der Waals surface area (Å²) in [6.45, 7) is 2.91. The van der Waals surface area contributed by atoms with Gasteiger partial charge in [0.25, 0.3) is 0 Å². The summed E-state index contributed by atoms with van der Waals surface area (Å²) in [5, 5.41) is 18.6. The van der Waals surface area contributed by atoms with Crippen LogP contribution in [0.5, 0.6) is 0 Å². The summed E-state index contributed by atoms with van der Waals surface area (Å²) in [5.41, 5.74) is -1.04. The van der Waals surface area contributed by atoms with Crippen molar-refractivity contribution in [2.75, 3.05) is 19.7 Å². The number of aliphatic hydroxyl groups excluding tert-OH is 1. The molecule has 6 nitrogen and oxygen atoms in total. The number of carbonyl (C=O) groups is 2. The second-order valence-electron chi connectivity index (χ2n) is 6.08.